The molecule has 1 heterocycles. The highest BCUT2D eigenvalue weighted by Crippen LogP contribution is 2.46. The van der Waals surface area contributed by atoms with Gasteiger partial charge in [0.05, 0.1) is 0 Å². The van der Waals surface area contributed by atoms with Gasteiger partial charge in [-0.3, -0.25) is 0 Å². The third-order valence-corrected chi connectivity index (χ3v) is 2.23. The highest BCUT2D eigenvalue weighted by atomic mass is 19.3. The minimum atomic E-state index is -3.98. The van der Waals surface area contributed by atoms with E-state index in [0.717, 1.165) is 0 Å². The molecule has 2 rings (SSSR count). The Morgan fingerprint density at radius 3 is 2.24 bits per heavy atom. The molecule has 0 spiro atoms. The predicted octanol–water partition coefficient (Wildman–Crippen LogP) is 4.07. The Balaban J connectivity index is 0.000000686. The van der Waals surface area contributed by atoms with Gasteiger partial charge in [-0.2, -0.15) is 13.2 Å². The average molecular weight is 248 g/mol. The van der Waals surface area contributed by atoms with Crippen molar-refractivity contribution >= 4 is 0 Å². The molecule has 0 saturated carbocycles. The summed E-state index contributed by atoms with van der Waals surface area (Å²) in [5.74, 6) is -3.27. The van der Waals surface area contributed by atoms with Gasteiger partial charge in [0, 0.05) is 6.92 Å². The first-order valence-electron chi connectivity index (χ1n) is 5.38. The maximum Gasteiger partial charge on any atom is 0.471 e. The molecule has 0 N–H and O–H groups in total. The van der Waals surface area contributed by atoms with Crippen LogP contribution in [0.2, 0.25) is 0 Å². The van der Waals surface area contributed by atoms with Crippen molar-refractivity contribution in [3.05, 3.63) is 23.8 Å². The summed E-state index contributed by atoms with van der Waals surface area (Å²) < 4.78 is 48.5. The maximum absolute atomic E-state index is 13.4. The number of para-hydroxylation sites is 1. The molecule has 0 fully saturated rings. The molecule has 96 valence electrons. The molecule has 0 amide bonds. The van der Waals surface area contributed by atoms with Crippen LogP contribution in [0.1, 0.15) is 26.3 Å². The zero-order chi connectivity index (χ0) is 13.3. The number of benzene rings is 1. The minimum absolute atomic E-state index is 0.00840. The van der Waals surface area contributed by atoms with E-state index in [1.165, 1.54) is 6.07 Å². The summed E-state index contributed by atoms with van der Waals surface area (Å²) in [6, 6.07) is 4.55. The van der Waals surface area contributed by atoms with Crippen molar-refractivity contribution in [1.82, 2.24) is 0 Å². The van der Waals surface area contributed by atoms with E-state index >= 15 is 0 Å². The van der Waals surface area contributed by atoms with Crippen LogP contribution in [0.4, 0.5) is 13.2 Å². The van der Waals surface area contributed by atoms with Gasteiger partial charge in [-0.15, -0.1) is 0 Å². The summed E-state index contributed by atoms with van der Waals surface area (Å²) in [5, 5.41) is 0. The van der Waals surface area contributed by atoms with Gasteiger partial charge in [0.15, 0.2) is 11.5 Å². The Morgan fingerprint density at radius 1 is 1.06 bits per heavy atom. The fourth-order valence-electron chi connectivity index (χ4n) is 1.32. The summed E-state index contributed by atoms with van der Waals surface area (Å²) in [6.07, 6.45) is -3.98. The second-order valence-corrected chi connectivity index (χ2v) is 3.54. The molecule has 0 radical (unpaired) electrons. The maximum atomic E-state index is 13.4. The molecule has 1 atom stereocenters. The van der Waals surface area contributed by atoms with Gasteiger partial charge in [-0.1, -0.05) is 26.0 Å². The van der Waals surface area contributed by atoms with Crippen LogP contribution in [0.5, 0.6) is 11.5 Å². The van der Waals surface area contributed by atoms with E-state index in [2.05, 4.69) is 9.47 Å². The van der Waals surface area contributed by atoms with Crippen LogP contribution in [0.3, 0.4) is 0 Å². The molecule has 1 aromatic rings. The Labute approximate surface area is 98.3 Å². The number of fused-ring (bicyclic) bond motifs is 1. The second-order valence-electron chi connectivity index (χ2n) is 3.54. The number of rotatable bonds is 0. The minimum Gasteiger partial charge on any atom is -0.446 e. The molecule has 1 unspecified atom stereocenters. The third-order valence-electron chi connectivity index (χ3n) is 2.23. The Kier molecular flexibility index (Phi) is 3.59. The van der Waals surface area contributed by atoms with Crippen LogP contribution >= 0.6 is 0 Å². The number of hydrogen-bond acceptors (Lipinski definition) is 2. The van der Waals surface area contributed by atoms with E-state index in [1.54, 1.807) is 19.1 Å². The topological polar surface area (TPSA) is 18.5 Å². The van der Waals surface area contributed by atoms with Gasteiger partial charge in [-0.05, 0) is 18.6 Å². The van der Waals surface area contributed by atoms with E-state index in [4.69, 9.17) is 0 Å². The summed E-state index contributed by atoms with van der Waals surface area (Å²) >= 11 is 0. The lowest BCUT2D eigenvalue weighted by Crippen LogP contribution is -2.53. The highest BCUT2D eigenvalue weighted by molar-refractivity contribution is 5.47. The molecular weight excluding hydrogens is 233 g/mol. The Hall–Kier alpha value is -1.39. The van der Waals surface area contributed by atoms with Gasteiger partial charge in [-0.25, -0.2) is 0 Å². The quantitative estimate of drug-likeness (QED) is 0.689. The van der Waals surface area contributed by atoms with Crippen LogP contribution in [0, 0.1) is 6.92 Å². The smallest absolute Gasteiger partial charge is 0.446 e. The van der Waals surface area contributed by atoms with Crippen LogP contribution in [-0.4, -0.2) is 12.0 Å². The fraction of sp³-hybridized carbons (Fsp3) is 0.500. The number of alkyl halides is 3. The second kappa shape index (κ2) is 4.47. The molecular formula is C12H15F3O2. The molecule has 0 aromatic heterocycles. The molecule has 1 aromatic carbocycles. The van der Waals surface area contributed by atoms with Gasteiger partial charge >= 0.3 is 12.0 Å². The molecule has 1 aliphatic rings. The van der Waals surface area contributed by atoms with E-state index in [1.807, 2.05) is 13.8 Å². The number of halogens is 3. The summed E-state index contributed by atoms with van der Waals surface area (Å²) in [5.41, 5.74) is 0.475. The first-order valence-corrected chi connectivity index (χ1v) is 5.38. The Morgan fingerprint density at radius 2 is 1.65 bits per heavy atom. The molecule has 0 saturated heterocycles. The molecule has 0 aliphatic carbocycles. The van der Waals surface area contributed by atoms with E-state index in [0.29, 0.717) is 12.5 Å². The van der Waals surface area contributed by atoms with Crippen LogP contribution in [-0.2, 0) is 0 Å². The molecule has 1 aliphatic heterocycles. The van der Waals surface area contributed by atoms with Crippen molar-refractivity contribution in [3.8, 4) is 11.5 Å². The SMILES string of the molecule is CC.Cc1cccc2c1OC(F)(F)C(C)(F)O2. The van der Waals surface area contributed by atoms with Crippen LogP contribution in [0.25, 0.3) is 0 Å². The van der Waals surface area contributed by atoms with Crippen molar-refractivity contribution in [2.24, 2.45) is 0 Å². The fourth-order valence-corrected chi connectivity index (χ4v) is 1.32. The van der Waals surface area contributed by atoms with Crippen molar-refractivity contribution in [1.29, 1.82) is 0 Å². The number of hydrogen-bond donors (Lipinski definition) is 0. The lowest BCUT2D eigenvalue weighted by molar-refractivity contribution is -0.332. The van der Waals surface area contributed by atoms with Crippen molar-refractivity contribution in [2.75, 3.05) is 0 Å². The van der Waals surface area contributed by atoms with Gasteiger partial charge in [0.1, 0.15) is 0 Å². The lowest BCUT2D eigenvalue weighted by atomic mass is 10.2. The lowest BCUT2D eigenvalue weighted by Gasteiger charge is -2.35. The molecule has 2 nitrogen and oxygen atoms in total. The summed E-state index contributed by atoms with van der Waals surface area (Å²) in [6.45, 7) is 6.22. The van der Waals surface area contributed by atoms with Crippen molar-refractivity contribution in [2.45, 2.75) is 39.7 Å². The molecule has 0 bridgehead atoms. The number of ether oxygens (including phenoxy) is 2. The largest absolute Gasteiger partial charge is 0.471 e. The predicted molar refractivity (Wildman–Crippen MR) is 58.2 cm³/mol. The van der Waals surface area contributed by atoms with Crippen LogP contribution in [0.15, 0.2) is 18.2 Å². The molecule has 17 heavy (non-hydrogen) atoms. The van der Waals surface area contributed by atoms with E-state index in [9.17, 15) is 13.2 Å². The van der Waals surface area contributed by atoms with E-state index in [-0.39, 0.29) is 11.5 Å². The first-order chi connectivity index (χ1) is 7.83. The van der Waals surface area contributed by atoms with E-state index < -0.39 is 12.0 Å². The highest BCUT2D eigenvalue weighted by Gasteiger charge is 2.60. The van der Waals surface area contributed by atoms with Gasteiger partial charge in [0.25, 0.3) is 0 Å². The van der Waals surface area contributed by atoms with Crippen molar-refractivity contribution < 1.29 is 22.6 Å². The number of aryl methyl sites for hydroxylation is 1. The monoisotopic (exact) mass is 248 g/mol. The normalized spacial score (nSPS) is 24.6. The van der Waals surface area contributed by atoms with Gasteiger partial charge < -0.3 is 9.47 Å². The Bertz CT molecular complexity index is 403. The van der Waals surface area contributed by atoms with Gasteiger partial charge in [0.2, 0.25) is 0 Å². The first kappa shape index (κ1) is 13.7. The third kappa shape index (κ3) is 2.33. The average Bonchev–Trinajstić information content (AvgIpc) is 2.24. The zero-order valence-corrected chi connectivity index (χ0v) is 10.2. The molecule has 5 heteroatoms. The van der Waals surface area contributed by atoms with Crippen LogP contribution < -0.4 is 9.47 Å². The standard InChI is InChI=1S/C10H9F3O2.C2H6/c1-6-4-3-5-7-8(6)15-10(12,13)9(2,11)14-7;1-2/h3-5H,1-2H3;1-2H3. The van der Waals surface area contributed by atoms with Crippen molar-refractivity contribution in [3.63, 3.8) is 0 Å². The zero-order valence-electron chi connectivity index (χ0n) is 10.2. The summed E-state index contributed by atoms with van der Waals surface area (Å²) in [4.78, 5) is 0. The summed E-state index contributed by atoms with van der Waals surface area (Å²) in [7, 11) is 0.